The number of likely N-dealkylation sites (N-methyl/N-ethyl adjacent to an activating group) is 1. The second-order valence-electron chi connectivity index (χ2n) is 7.07. The molecule has 3 rings (SSSR count). The predicted octanol–water partition coefficient (Wildman–Crippen LogP) is 2.59. The van der Waals surface area contributed by atoms with Crippen LogP contribution in [0.2, 0.25) is 5.02 Å². The third-order valence-corrected chi connectivity index (χ3v) is 5.69. The fourth-order valence-corrected chi connectivity index (χ4v) is 3.82. The molecule has 0 spiro atoms. The maximum atomic E-state index is 12.4. The molecule has 1 amide bonds. The highest BCUT2D eigenvalue weighted by atomic mass is 35.5. The van der Waals surface area contributed by atoms with Gasteiger partial charge in [-0.05, 0) is 43.5 Å². The van der Waals surface area contributed by atoms with E-state index in [0.29, 0.717) is 12.0 Å². The topological polar surface area (TPSA) is 35.6 Å². The molecule has 2 aliphatic rings. The average molecular weight is 350 g/mol. The molecule has 3 unspecified atom stereocenters. The third-order valence-electron chi connectivity index (χ3n) is 5.45. The largest absolute Gasteiger partial charge is 0.354 e. The van der Waals surface area contributed by atoms with Gasteiger partial charge in [0.05, 0.1) is 0 Å². The first kappa shape index (κ1) is 17.7. The molecule has 1 aliphatic heterocycles. The first-order valence-corrected chi connectivity index (χ1v) is 9.46. The number of carbonyl (C=O) groups is 1. The Bertz CT molecular complexity index is 571. The lowest BCUT2D eigenvalue weighted by Gasteiger charge is -2.37. The van der Waals surface area contributed by atoms with E-state index >= 15 is 0 Å². The molecule has 24 heavy (non-hydrogen) atoms. The number of hydrogen-bond donors (Lipinski definition) is 1. The van der Waals surface area contributed by atoms with Gasteiger partial charge in [-0.2, -0.15) is 0 Å². The number of hydrogen-bond acceptors (Lipinski definition) is 3. The van der Waals surface area contributed by atoms with Gasteiger partial charge in [-0.1, -0.05) is 30.7 Å². The summed E-state index contributed by atoms with van der Waals surface area (Å²) in [5, 5.41) is 3.90. The summed E-state index contributed by atoms with van der Waals surface area (Å²) < 4.78 is 0. The first-order valence-electron chi connectivity index (χ1n) is 9.08. The first-order chi connectivity index (χ1) is 11.6. The summed E-state index contributed by atoms with van der Waals surface area (Å²) >= 11 is 6.04. The van der Waals surface area contributed by atoms with Gasteiger partial charge in [0.1, 0.15) is 0 Å². The molecule has 0 aromatic heterocycles. The molecule has 0 bridgehead atoms. The number of halogens is 1. The van der Waals surface area contributed by atoms with Crippen LogP contribution in [0.4, 0.5) is 0 Å². The summed E-state index contributed by atoms with van der Waals surface area (Å²) in [6.45, 7) is 10.8. The Labute approximate surface area is 150 Å². The number of rotatable bonds is 6. The van der Waals surface area contributed by atoms with Gasteiger partial charge in [0, 0.05) is 49.7 Å². The minimum Gasteiger partial charge on any atom is -0.354 e. The summed E-state index contributed by atoms with van der Waals surface area (Å²) in [6.07, 6.45) is 0.940. The number of benzene rings is 1. The minimum atomic E-state index is 0.118. The summed E-state index contributed by atoms with van der Waals surface area (Å²) in [5.41, 5.74) is 1.19. The van der Waals surface area contributed by atoms with E-state index in [-0.39, 0.29) is 11.8 Å². The maximum Gasteiger partial charge on any atom is 0.223 e. The Morgan fingerprint density at radius 1 is 1.33 bits per heavy atom. The van der Waals surface area contributed by atoms with Crippen molar-refractivity contribution in [2.75, 3.05) is 39.3 Å². The van der Waals surface area contributed by atoms with Crippen LogP contribution in [0.1, 0.15) is 31.7 Å². The number of piperazine rings is 1. The molecule has 1 saturated heterocycles. The van der Waals surface area contributed by atoms with Gasteiger partial charge < -0.3 is 10.2 Å². The van der Waals surface area contributed by atoms with E-state index in [2.05, 4.69) is 35.0 Å². The van der Waals surface area contributed by atoms with Crippen molar-refractivity contribution >= 4 is 17.5 Å². The van der Waals surface area contributed by atoms with Crippen molar-refractivity contribution in [2.24, 2.45) is 5.92 Å². The molecule has 1 N–H and O–H groups in total. The van der Waals surface area contributed by atoms with Crippen molar-refractivity contribution in [3.05, 3.63) is 34.9 Å². The summed E-state index contributed by atoms with van der Waals surface area (Å²) in [5.74, 6) is 0.652. The van der Waals surface area contributed by atoms with Crippen LogP contribution in [-0.4, -0.2) is 61.0 Å². The van der Waals surface area contributed by atoms with Gasteiger partial charge >= 0.3 is 0 Å². The Hall–Kier alpha value is -1.10. The standard InChI is InChI=1S/C19H28ClN3O/c1-3-22-7-9-23(10-8-22)14(2)13-21-19(24)18-12-17(18)15-5-4-6-16(20)11-15/h4-6,11,14,17-18H,3,7-10,12-13H2,1-2H3,(H,21,24). The Balaban J connectivity index is 1.42. The predicted molar refractivity (Wildman–Crippen MR) is 98.5 cm³/mol. The van der Waals surface area contributed by atoms with E-state index in [1.54, 1.807) is 0 Å². The smallest absolute Gasteiger partial charge is 0.223 e. The van der Waals surface area contributed by atoms with Crippen LogP contribution < -0.4 is 5.32 Å². The summed E-state index contributed by atoms with van der Waals surface area (Å²) in [4.78, 5) is 17.3. The second-order valence-corrected chi connectivity index (χ2v) is 7.50. The molecule has 1 aromatic rings. The summed E-state index contributed by atoms with van der Waals surface area (Å²) in [6, 6.07) is 8.29. The van der Waals surface area contributed by atoms with E-state index in [1.807, 2.05) is 18.2 Å². The molecule has 3 atom stereocenters. The van der Waals surface area contributed by atoms with Crippen LogP contribution in [-0.2, 0) is 4.79 Å². The fourth-order valence-electron chi connectivity index (χ4n) is 3.62. The van der Waals surface area contributed by atoms with Gasteiger partial charge in [-0.15, -0.1) is 0 Å². The van der Waals surface area contributed by atoms with Crippen molar-refractivity contribution in [3.63, 3.8) is 0 Å². The lowest BCUT2D eigenvalue weighted by molar-refractivity contribution is -0.122. The van der Waals surface area contributed by atoms with Gasteiger partial charge in [0.2, 0.25) is 5.91 Å². The molecular weight excluding hydrogens is 322 g/mol. The molecule has 2 fully saturated rings. The monoisotopic (exact) mass is 349 g/mol. The highest BCUT2D eigenvalue weighted by Crippen LogP contribution is 2.47. The van der Waals surface area contributed by atoms with Crippen LogP contribution >= 0.6 is 11.6 Å². The van der Waals surface area contributed by atoms with Crippen molar-refractivity contribution < 1.29 is 4.79 Å². The van der Waals surface area contributed by atoms with Gasteiger partial charge in [-0.25, -0.2) is 0 Å². The average Bonchev–Trinajstić information content (AvgIpc) is 3.40. The van der Waals surface area contributed by atoms with Crippen LogP contribution in [0.15, 0.2) is 24.3 Å². The molecule has 1 saturated carbocycles. The molecule has 5 heteroatoms. The fraction of sp³-hybridized carbons (Fsp3) is 0.632. The number of carbonyl (C=O) groups excluding carboxylic acids is 1. The molecule has 132 valence electrons. The third kappa shape index (κ3) is 4.29. The molecule has 1 heterocycles. The molecule has 4 nitrogen and oxygen atoms in total. The van der Waals surface area contributed by atoms with Crippen molar-refractivity contribution in [1.29, 1.82) is 0 Å². The SMILES string of the molecule is CCN1CCN(C(C)CNC(=O)C2CC2c2cccc(Cl)c2)CC1. The van der Waals surface area contributed by atoms with Crippen LogP contribution in [0.3, 0.4) is 0 Å². The van der Waals surface area contributed by atoms with E-state index in [0.717, 1.165) is 50.7 Å². The van der Waals surface area contributed by atoms with Crippen molar-refractivity contribution in [3.8, 4) is 0 Å². The Morgan fingerprint density at radius 2 is 2.08 bits per heavy atom. The van der Waals surface area contributed by atoms with E-state index in [9.17, 15) is 4.79 Å². The number of nitrogens with zero attached hydrogens (tertiary/aromatic N) is 2. The normalized spacial score (nSPS) is 26.1. The number of nitrogens with one attached hydrogen (secondary N) is 1. The second kappa shape index (κ2) is 7.85. The molecule has 1 aliphatic carbocycles. The zero-order valence-corrected chi connectivity index (χ0v) is 15.4. The van der Waals surface area contributed by atoms with E-state index < -0.39 is 0 Å². The maximum absolute atomic E-state index is 12.4. The number of amides is 1. The van der Waals surface area contributed by atoms with Crippen molar-refractivity contribution in [1.82, 2.24) is 15.1 Å². The van der Waals surface area contributed by atoms with Crippen LogP contribution in [0.25, 0.3) is 0 Å². The molecule has 1 aromatic carbocycles. The highest BCUT2D eigenvalue weighted by molar-refractivity contribution is 6.30. The van der Waals surface area contributed by atoms with Gasteiger partial charge in [0.25, 0.3) is 0 Å². The molecule has 0 radical (unpaired) electrons. The quantitative estimate of drug-likeness (QED) is 0.857. The Kier molecular flexibility index (Phi) is 5.80. The Morgan fingerprint density at radius 3 is 2.75 bits per heavy atom. The van der Waals surface area contributed by atoms with Gasteiger partial charge in [-0.3, -0.25) is 9.69 Å². The summed E-state index contributed by atoms with van der Waals surface area (Å²) in [7, 11) is 0. The van der Waals surface area contributed by atoms with Crippen LogP contribution in [0.5, 0.6) is 0 Å². The van der Waals surface area contributed by atoms with Gasteiger partial charge in [0.15, 0.2) is 0 Å². The molecular formula is C19H28ClN3O. The zero-order chi connectivity index (χ0) is 17.1. The lowest BCUT2D eigenvalue weighted by atomic mass is 10.1. The highest BCUT2D eigenvalue weighted by Gasteiger charge is 2.43. The zero-order valence-electron chi connectivity index (χ0n) is 14.7. The minimum absolute atomic E-state index is 0.118. The van der Waals surface area contributed by atoms with E-state index in [4.69, 9.17) is 11.6 Å². The van der Waals surface area contributed by atoms with Crippen LogP contribution in [0, 0.1) is 5.92 Å². The van der Waals surface area contributed by atoms with E-state index in [1.165, 1.54) is 5.56 Å². The lowest BCUT2D eigenvalue weighted by Crippen LogP contribution is -2.52. The van der Waals surface area contributed by atoms with Crippen molar-refractivity contribution in [2.45, 2.75) is 32.2 Å².